The van der Waals surface area contributed by atoms with Gasteiger partial charge in [-0.15, -0.1) is 0 Å². The van der Waals surface area contributed by atoms with Crippen molar-refractivity contribution in [3.8, 4) is 11.5 Å². The zero-order valence-electron chi connectivity index (χ0n) is 16.4. The standard InChI is InChI=1S/C21H32N2O3/c1-4-16-8-5-6-13-23(16)21(24)15-22-12-7-9-19(22)18-11-10-17(25-2)14-20(18)26-3/h10-11,14,16,19H,4-9,12-13,15H2,1-3H3. The molecule has 0 aliphatic carbocycles. The van der Waals surface area contributed by atoms with Crippen LogP contribution in [0.25, 0.3) is 0 Å². The highest BCUT2D eigenvalue weighted by Crippen LogP contribution is 2.38. The molecule has 0 N–H and O–H groups in total. The van der Waals surface area contributed by atoms with E-state index in [1.807, 2.05) is 12.1 Å². The minimum absolute atomic E-state index is 0.240. The molecule has 5 heteroatoms. The molecule has 3 rings (SSSR count). The van der Waals surface area contributed by atoms with Gasteiger partial charge in [0.05, 0.1) is 20.8 Å². The fourth-order valence-electron chi connectivity index (χ4n) is 4.48. The fraction of sp³-hybridized carbons (Fsp3) is 0.667. The Bertz CT molecular complexity index is 619. The number of piperidine rings is 1. The quantitative estimate of drug-likeness (QED) is 0.777. The van der Waals surface area contributed by atoms with Gasteiger partial charge in [0.1, 0.15) is 11.5 Å². The molecule has 0 spiro atoms. The summed E-state index contributed by atoms with van der Waals surface area (Å²) in [7, 11) is 3.36. The summed E-state index contributed by atoms with van der Waals surface area (Å²) in [4.78, 5) is 17.4. The predicted octanol–water partition coefficient (Wildman–Crippen LogP) is 3.63. The SMILES string of the molecule is CCC1CCCCN1C(=O)CN1CCCC1c1ccc(OC)cc1OC. The summed E-state index contributed by atoms with van der Waals surface area (Å²) < 4.78 is 10.9. The van der Waals surface area contributed by atoms with Crippen LogP contribution in [0.2, 0.25) is 0 Å². The van der Waals surface area contributed by atoms with Gasteiger partial charge in [-0.05, 0) is 51.1 Å². The number of rotatable bonds is 6. The largest absolute Gasteiger partial charge is 0.497 e. The summed E-state index contributed by atoms with van der Waals surface area (Å²) >= 11 is 0. The van der Waals surface area contributed by atoms with Crippen molar-refractivity contribution in [1.82, 2.24) is 9.80 Å². The van der Waals surface area contributed by atoms with Gasteiger partial charge in [0.15, 0.2) is 0 Å². The molecule has 2 atom stereocenters. The maximum atomic E-state index is 13.0. The van der Waals surface area contributed by atoms with Crippen LogP contribution in [0.4, 0.5) is 0 Å². The number of hydrogen-bond donors (Lipinski definition) is 0. The molecule has 2 saturated heterocycles. The van der Waals surface area contributed by atoms with E-state index in [0.29, 0.717) is 12.6 Å². The van der Waals surface area contributed by atoms with E-state index in [4.69, 9.17) is 9.47 Å². The Labute approximate surface area is 157 Å². The van der Waals surface area contributed by atoms with E-state index in [9.17, 15) is 4.79 Å². The van der Waals surface area contributed by atoms with Crippen LogP contribution in [-0.4, -0.2) is 55.6 Å². The third-order valence-electron chi connectivity index (χ3n) is 5.92. The van der Waals surface area contributed by atoms with Crippen LogP contribution in [0.15, 0.2) is 18.2 Å². The highest BCUT2D eigenvalue weighted by molar-refractivity contribution is 5.78. The first kappa shape index (κ1) is 19.0. The number of benzene rings is 1. The fourth-order valence-corrected chi connectivity index (χ4v) is 4.48. The van der Waals surface area contributed by atoms with E-state index < -0.39 is 0 Å². The molecule has 0 bridgehead atoms. The second-order valence-electron chi connectivity index (χ2n) is 7.38. The number of amides is 1. The lowest BCUT2D eigenvalue weighted by atomic mass is 9.99. The first-order chi connectivity index (χ1) is 12.7. The smallest absolute Gasteiger partial charge is 0.237 e. The first-order valence-corrected chi connectivity index (χ1v) is 9.93. The summed E-state index contributed by atoms with van der Waals surface area (Å²) in [5.41, 5.74) is 1.16. The number of methoxy groups -OCH3 is 2. The van der Waals surface area contributed by atoms with Crippen LogP contribution < -0.4 is 9.47 Å². The number of nitrogens with zero attached hydrogens (tertiary/aromatic N) is 2. The normalized spacial score (nSPS) is 23.9. The van der Waals surface area contributed by atoms with E-state index in [1.54, 1.807) is 14.2 Å². The maximum absolute atomic E-state index is 13.0. The van der Waals surface area contributed by atoms with Gasteiger partial charge >= 0.3 is 0 Å². The number of carbonyl (C=O) groups is 1. The van der Waals surface area contributed by atoms with Gasteiger partial charge in [0.2, 0.25) is 5.91 Å². The van der Waals surface area contributed by atoms with Gasteiger partial charge in [0.25, 0.3) is 0 Å². The summed E-state index contributed by atoms with van der Waals surface area (Å²) in [5, 5.41) is 0. The first-order valence-electron chi connectivity index (χ1n) is 9.93. The lowest BCUT2D eigenvalue weighted by molar-refractivity contribution is -0.136. The topological polar surface area (TPSA) is 42.0 Å². The van der Waals surface area contributed by atoms with Crippen LogP contribution >= 0.6 is 0 Å². The van der Waals surface area contributed by atoms with Crippen LogP contribution in [0.1, 0.15) is 57.1 Å². The molecule has 0 aromatic heterocycles. The van der Waals surface area contributed by atoms with Crippen LogP contribution in [0.5, 0.6) is 11.5 Å². The monoisotopic (exact) mass is 360 g/mol. The molecular formula is C21H32N2O3. The molecule has 2 heterocycles. The van der Waals surface area contributed by atoms with Crippen molar-refractivity contribution in [2.75, 3.05) is 33.9 Å². The molecular weight excluding hydrogens is 328 g/mol. The number of hydrogen-bond acceptors (Lipinski definition) is 4. The van der Waals surface area contributed by atoms with Gasteiger partial charge in [-0.1, -0.05) is 13.0 Å². The van der Waals surface area contributed by atoms with Gasteiger partial charge in [0, 0.05) is 30.3 Å². The summed E-state index contributed by atoms with van der Waals surface area (Å²) in [6.07, 6.45) is 6.77. The lowest BCUT2D eigenvalue weighted by Crippen LogP contribution is -2.47. The molecule has 2 aliphatic heterocycles. The van der Waals surface area contributed by atoms with Gasteiger partial charge < -0.3 is 14.4 Å². The predicted molar refractivity (Wildman–Crippen MR) is 103 cm³/mol. The van der Waals surface area contributed by atoms with Crippen molar-refractivity contribution in [2.24, 2.45) is 0 Å². The van der Waals surface area contributed by atoms with Crippen molar-refractivity contribution < 1.29 is 14.3 Å². The number of ether oxygens (including phenoxy) is 2. The Morgan fingerprint density at radius 1 is 1.12 bits per heavy atom. The molecule has 1 amide bonds. The minimum Gasteiger partial charge on any atom is -0.497 e. The second kappa shape index (κ2) is 8.76. The van der Waals surface area contributed by atoms with Crippen molar-refractivity contribution in [3.05, 3.63) is 23.8 Å². The van der Waals surface area contributed by atoms with Crippen molar-refractivity contribution in [1.29, 1.82) is 0 Å². The zero-order valence-corrected chi connectivity index (χ0v) is 16.4. The summed E-state index contributed by atoms with van der Waals surface area (Å²) in [6, 6.07) is 6.66. The number of carbonyl (C=O) groups excluding carboxylic acids is 1. The number of likely N-dealkylation sites (tertiary alicyclic amines) is 2. The Morgan fingerprint density at radius 2 is 1.96 bits per heavy atom. The van der Waals surface area contributed by atoms with Gasteiger partial charge in [-0.25, -0.2) is 0 Å². The van der Waals surface area contributed by atoms with E-state index in [-0.39, 0.29) is 11.9 Å². The Balaban J connectivity index is 1.73. The Morgan fingerprint density at radius 3 is 2.69 bits per heavy atom. The van der Waals surface area contributed by atoms with Crippen LogP contribution in [0.3, 0.4) is 0 Å². The second-order valence-corrected chi connectivity index (χ2v) is 7.38. The van der Waals surface area contributed by atoms with E-state index >= 15 is 0 Å². The summed E-state index contributed by atoms with van der Waals surface area (Å²) in [6.45, 7) is 4.59. The molecule has 1 aromatic carbocycles. The molecule has 1 aromatic rings. The Hall–Kier alpha value is -1.75. The van der Waals surface area contributed by atoms with Gasteiger partial charge in [-0.2, -0.15) is 0 Å². The third-order valence-corrected chi connectivity index (χ3v) is 5.92. The van der Waals surface area contributed by atoms with E-state index in [0.717, 1.165) is 62.3 Å². The molecule has 26 heavy (non-hydrogen) atoms. The maximum Gasteiger partial charge on any atom is 0.237 e. The van der Waals surface area contributed by atoms with Crippen molar-refractivity contribution in [2.45, 2.75) is 57.5 Å². The lowest BCUT2D eigenvalue weighted by Gasteiger charge is -2.37. The third kappa shape index (κ3) is 3.98. The minimum atomic E-state index is 0.240. The average Bonchev–Trinajstić information content (AvgIpc) is 3.15. The molecule has 2 unspecified atom stereocenters. The molecule has 0 saturated carbocycles. The van der Waals surface area contributed by atoms with E-state index in [1.165, 1.54) is 6.42 Å². The van der Waals surface area contributed by atoms with E-state index in [2.05, 4.69) is 22.8 Å². The van der Waals surface area contributed by atoms with Crippen molar-refractivity contribution in [3.63, 3.8) is 0 Å². The summed E-state index contributed by atoms with van der Waals surface area (Å²) in [5.74, 6) is 1.93. The molecule has 0 radical (unpaired) electrons. The van der Waals surface area contributed by atoms with Gasteiger partial charge in [-0.3, -0.25) is 9.69 Å². The molecule has 2 aliphatic rings. The van der Waals surface area contributed by atoms with Crippen LogP contribution in [-0.2, 0) is 4.79 Å². The molecule has 5 nitrogen and oxygen atoms in total. The molecule has 144 valence electrons. The molecule has 2 fully saturated rings. The highest BCUT2D eigenvalue weighted by Gasteiger charge is 2.33. The van der Waals surface area contributed by atoms with Crippen molar-refractivity contribution >= 4 is 5.91 Å². The Kier molecular flexibility index (Phi) is 6.41. The highest BCUT2D eigenvalue weighted by atomic mass is 16.5. The zero-order chi connectivity index (χ0) is 18.5. The van der Waals surface area contributed by atoms with Crippen LogP contribution in [0, 0.1) is 0 Å². The average molecular weight is 360 g/mol.